The number of rotatable bonds is 8. The number of carbonyl (C=O) groups excluding carboxylic acids is 1. The molecule has 1 N–H and O–H groups in total. The maximum absolute atomic E-state index is 12.6. The number of nitrogens with one attached hydrogen (secondary N) is 1. The van der Waals surface area contributed by atoms with Gasteiger partial charge in [0.05, 0.1) is 30.8 Å². The van der Waals surface area contributed by atoms with Gasteiger partial charge in [-0.25, -0.2) is 0 Å². The summed E-state index contributed by atoms with van der Waals surface area (Å²) in [5.74, 6) is 1.31. The van der Waals surface area contributed by atoms with Crippen molar-refractivity contribution in [2.24, 2.45) is 0 Å². The van der Waals surface area contributed by atoms with Crippen LogP contribution in [0, 0.1) is 0 Å². The van der Waals surface area contributed by atoms with Gasteiger partial charge < -0.3 is 19.5 Å². The van der Waals surface area contributed by atoms with Crippen molar-refractivity contribution in [3.8, 4) is 11.5 Å². The van der Waals surface area contributed by atoms with Crippen molar-refractivity contribution in [3.63, 3.8) is 0 Å². The van der Waals surface area contributed by atoms with E-state index in [1.54, 1.807) is 7.11 Å². The van der Waals surface area contributed by atoms with Gasteiger partial charge in [0, 0.05) is 19.6 Å². The predicted octanol–water partition coefficient (Wildman–Crippen LogP) is 4.18. The van der Waals surface area contributed by atoms with Crippen LogP contribution >= 0.6 is 15.9 Å². The maximum atomic E-state index is 12.6. The molecule has 0 saturated carbocycles. The summed E-state index contributed by atoms with van der Waals surface area (Å²) in [4.78, 5) is 14.9. The lowest BCUT2D eigenvalue weighted by atomic mass is 10.0. The fraction of sp³-hybridized carbons (Fsp3) is 0.320. The number of morpholine rings is 1. The molecule has 3 aromatic rings. The molecular weight excluding hydrogens is 472 g/mol. The van der Waals surface area contributed by atoms with E-state index in [1.807, 2.05) is 60.7 Å². The number of nitrogens with zero attached hydrogens (tertiary/aromatic N) is 1. The third kappa shape index (κ3) is 5.41. The Labute approximate surface area is 196 Å². The number of fused-ring (bicyclic) bond motifs is 1. The number of amides is 1. The first-order chi connectivity index (χ1) is 15.7. The van der Waals surface area contributed by atoms with Crippen molar-refractivity contribution in [1.29, 1.82) is 0 Å². The van der Waals surface area contributed by atoms with E-state index in [-0.39, 0.29) is 18.6 Å². The highest BCUT2D eigenvalue weighted by Gasteiger charge is 2.23. The van der Waals surface area contributed by atoms with E-state index >= 15 is 0 Å². The van der Waals surface area contributed by atoms with Crippen LogP contribution < -0.4 is 14.8 Å². The predicted molar refractivity (Wildman–Crippen MR) is 128 cm³/mol. The van der Waals surface area contributed by atoms with Crippen LogP contribution in [0.15, 0.2) is 65.1 Å². The van der Waals surface area contributed by atoms with Gasteiger partial charge in [0.2, 0.25) is 0 Å². The molecule has 0 aliphatic carbocycles. The van der Waals surface area contributed by atoms with Gasteiger partial charge in [-0.05, 0) is 50.5 Å². The molecule has 1 aliphatic rings. The monoisotopic (exact) mass is 498 g/mol. The fourth-order valence-corrected chi connectivity index (χ4v) is 4.51. The summed E-state index contributed by atoms with van der Waals surface area (Å²) in [7, 11) is 1.66. The molecular formula is C25H27BrN2O4. The van der Waals surface area contributed by atoms with Crippen LogP contribution in [0.3, 0.4) is 0 Å². The number of halogens is 1. The molecule has 1 heterocycles. The number of carbonyl (C=O) groups is 1. The summed E-state index contributed by atoms with van der Waals surface area (Å²) >= 11 is 3.60. The summed E-state index contributed by atoms with van der Waals surface area (Å²) in [6, 6.07) is 20.0. The molecule has 168 valence electrons. The lowest BCUT2D eigenvalue weighted by Gasteiger charge is -2.35. The molecule has 1 unspecified atom stereocenters. The standard InChI is InChI=1S/C25H27BrN2O4/c1-30-20-9-6-19(7-10-20)22(28-12-14-31-15-13-28)16-27-24(29)17-32-23-11-8-18-4-2-3-5-21(18)25(23)26/h2-11,22H,12-17H2,1H3,(H,27,29). The lowest BCUT2D eigenvalue weighted by molar-refractivity contribution is -0.123. The molecule has 1 fully saturated rings. The van der Waals surface area contributed by atoms with Gasteiger partial charge in [0.15, 0.2) is 6.61 Å². The Bertz CT molecular complexity index is 1050. The zero-order valence-electron chi connectivity index (χ0n) is 18.1. The maximum Gasteiger partial charge on any atom is 0.258 e. The normalized spacial score (nSPS) is 15.3. The van der Waals surface area contributed by atoms with E-state index in [1.165, 1.54) is 0 Å². The van der Waals surface area contributed by atoms with E-state index in [9.17, 15) is 4.79 Å². The Morgan fingerprint density at radius 2 is 1.84 bits per heavy atom. The Morgan fingerprint density at radius 3 is 2.59 bits per heavy atom. The van der Waals surface area contributed by atoms with Crippen LogP contribution in [0.5, 0.6) is 11.5 Å². The van der Waals surface area contributed by atoms with E-state index < -0.39 is 0 Å². The fourth-order valence-electron chi connectivity index (χ4n) is 3.90. The molecule has 3 aromatic carbocycles. The van der Waals surface area contributed by atoms with Crippen molar-refractivity contribution in [2.45, 2.75) is 6.04 Å². The Balaban J connectivity index is 1.39. The highest BCUT2D eigenvalue weighted by molar-refractivity contribution is 9.10. The second-order valence-corrected chi connectivity index (χ2v) is 8.42. The van der Waals surface area contributed by atoms with Crippen molar-refractivity contribution < 1.29 is 19.0 Å². The molecule has 6 nitrogen and oxygen atoms in total. The van der Waals surface area contributed by atoms with Crippen molar-refractivity contribution in [2.75, 3.05) is 46.6 Å². The molecule has 0 radical (unpaired) electrons. The smallest absolute Gasteiger partial charge is 0.258 e. The van der Waals surface area contributed by atoms with Crippen molar-refractivity contribution in [1.82, 2.24) is 10.2 Å². The minimum atomic E-state index is -0.156. The number of methoxy groups -OCH3 is 1. The molecule has 1 atom stereocenters. The minimum absolute atomic E-state index is 0.0462. The van der Waals surface area contributed by atoms with Gasteiger partial charge >= 0.3 is 0 Å². The van der Waals surface area contributed by atoms with Gasteiger partial charge in [-0.15, -0.1) is 0 Å². The SMILES string of the molecule is COc1ccc(C(CNC(=O)COc2ccc3ccccc3c2Br)N2CCOCC2)cc1. The largest absolute Gasteiger partial charge is 0.497 e. The van der Waals surface area contributed by atoms with E-state index in [4.69, 9.17) is 14.2 Å². The Hall–Kier alpha value is -2.61. The summed E-state index contributed by atoms with van der Waals surface area (Å²) in [5, 5.41) is 5.21. The van der Waals surface area contributed by atoms with Crippen LogP contribution in [0.1, 0.15) is 11.6 Å². The van der Waals surface area contributed by atoms with E-state index in [2.05, 4.69) is 26.1 Å². The van der Waals surface area contributed by atoms with E-state index in [0.717, 1.165) is 39.6 Å². The van der Waals surface area contributed by atoms with Crippen LogP contribution in [-0.4, -0.2) is 57.4 Å². The topological polar surface area (TPSA) is 60.0 Å². The minimum Gasteiger partial charge on any atom is -0.497 e. The molecule has 1 saturated heterocycles. The Morgan fingerprint density at radius 1 is 1.09 bits per heavy atom. The van der Waals surface area contributed by atoms with Gasteiger partial charge in [-0.2, -0.15) is 0 Å². The van der Waals surface area contributed by atoms with Crippen molar-refractivity contribution in [3.05, 3.63) is 70.7 Å². The third-order valence-electron chi connectivity index (χ3n) is 5.67. The zero-order chi connectivity index (χ0) is 22.3. The van der Waals surface area contributed by atoms with Crippen molar-refractivity contribution >= 4 is 32.6 Å². The quantitative estimate of drug-likeness (QED) is 0.504. The van der Waals surface area contributed by atoms with Gasteiger partial charge in [0.1, 0.15) is 11.5 Å². The van der Waals surface area contributed by atoms with E-state index in [0.29, 0.717) is 25.5 Å². The number of benzene rings is 3. The second kappa shape index (κ2) is 10.8. The molecule has 0 aromatic heterocycles. The van der Waals surface area contributed by atoms with Gasteiger partial charge in [0.25, 0.3) is 5.91 Å². The molecule has 0 bridgehead atoms. The van der Waals surface area contributed by atoms with Crippen LogP contribution in [-0.2, 0) is 9.53 Å². The molecule has 1 amide bonds. The number of ether oxygens (including phenoxy) is 3. The number of hydrogen-bond acceptors (Lipinski definition) is 5. The molecule has 1 aliphatic heterocycles. The average molecular weight is 499 g/mol. The summed E-state index contributed by atoms with van der Waals surface area (Å²) < 4.78 is 17.4. The first kappa shape index (κ1) is 22.6. The summed E-state index contributed by atoms with van der Waals surface area (Å²) in [6.07, 6.45) is 0. The highest BCUT2D eigenvalue weighted by atomic mass is 79.9. The summed E-state index contributed by atoms with van der Waals surface area (Å²) in [5.41, 5.74) is 1.13. The first-order valence-corrected chi connectivity index (χ1v) is 11.5. The molecule has 0 spiro atoms. The molecule has 32 heavy (non-hydrogen) atoms. The van der Waals surface area contributed by atoms with Crippen LogP contribution in [0.2, 0.25) is 0 Å². The Kier molecular flexibility index (Phi) is 7.63. The molecule has 7 heteroatoms. The third-order valence-corrected chi connectivity index (χ3v) is 6.48. The van der Waals surface area contributed by atoms with Crippen LogP contribution in [0.25, 0.3) is 10.8 Å². The zero-order valence-corrected chi connectivity index (χ0v) is 19.6. The van der Waals surface area contributed by atoms with Crippen LogP contribution in [0.4, 0.5) is 0 Å². The highest BCUT2D eigenvalue weighted by Crippen LogP contribution is 2.33. The first-order valence-electron chi connectivity index (χ1n) is 10.7. The van der Waals surface area contributed by atoms with Gasteiger partial charge in [-0.1, -0.05) is 42.5 Å². The number of hydrogen-bond donors (Lipinski definition) is 1. The second-order valence-electron chi connectivity index (χ2n) is 7.63. The lowest BCUT2D eigenvalue weighted by Crippen LogP contribution is -2.44. The molecule has 4 rings (SSSR count). The average Bonchev–Trinajstić information content (AvgIpc) is 2.85. The summed E-state index contributed by atoms with van der Waals surface area (Å²) in [6.45, 7) is 3.49. The van der Waals surface area contributed by atoms with Gasteiger partial charge in [-0.3, -0.25) is 9.69 Å².